The molecule has 140 valence electrons. The Balaban J connectivity index is 1.45. The van der Waals surface area contributed by atoms with Gasteiger partial charge in [-0.2, -0.15) is 5.26 Å². The molecule has 0 radical (unpaired) electrons. The molecular formula is C21H29N3O2. The minimum absolute atomic E-state index is 0.0122. The highest BCUT2D eigenvalue weighted by molar-refractivity contribution is 5.78. The van der Waals surface area contributed by atoms with E-state index in [0.717, 1.165) is 58.4 Å². The fourth-order valence-corrected chi connectivity index (χ4v) is 4.13. The first-order valence-corrected chi connectivity index (χ1v) is 9.79. The van der Waals surface area contributed by atoms with E-state index in [0.29, 0.717) is 5.56 Å². The van der Waals surface area contributed by atoms with E-state index in [1.54, 1.807) is 0 Å². The molecule has 0 N–H and O–H groups in total. The van der Waals surface area contributed by atoms with Crippen LogP contribution in [0.3, 0.4) is 0 Å². The number of nitriles is 1. The second-order valence-corrected chi connectivity index (χ2v) is 7.49. The normalized spacial score (nSPS) is 22.9. The predicted octanol–water partition coefficient (Wildman–Crippen LogP) is 3.19. The maximum atomic E-state index is 12.2. The molecule has 3 rings (SSSR count). The molecule has 5 heteroatoms. The molecule has 2 saturated heterocycles. The van der Waals surface area contributed by atoms with Crippen LogP contribution in [0.4, 0.5) is 5.69 Å². The van der Waals surface area contributed by atoms with Crippen LogP contribution in [0.25, 0.3) is 0 Å². The molecule has 0 amide bonds. The van der Waals surface area contributed by atoms with E-state index >= 15 is 0 Å². The molecule has 0 spiro atoms. The number of nitrogens with zero attached hydrogens (tertiary/aromatic N) is 3. The van der Waals surface area contributed by atoms with Gasteiger partial charge in [-0.1, -0.05) is 13.8 Å². The Morgan fingerprint density at radius 2 is 1.81 bits per heavy atom. The van der Waals surface area contributed by atoms with Gasteiger partial charge in [-0.3, -0.25) is 9.69 Å². The number of hydrogen-bond donors (Lipinski definition) is 0. The lowest BCUT2D eigenvalue weighted by atomic mass is 9.79. The number of rotatable bonds is 6. The van der Waals surface area contributed by atoms with Crippen LogP contribution in [0, 0.1) is 16.7 Å². The van der Waals surface area contributed by atoms with E-state index in [9.17, 15) is 4.79 Å². The fourth-order valence-electron chi connectivity index (χ4n) is 4.13. The van der Waals surface area contributed by atoms with Crippen molar-refractivity contribution in [3.05, 3.63) is 29.8 Å². The van der Waals surface area contributed by atoms with Gasteiger partial charge in [-0.25, -0.2) is 0 Å². The molecule has 0 bridgehead atoms. The maximum absolute atomic E-state index is 12.2. The first kappa shape index (κ1) is 18.7. The van der Waals surface area contributed by atoms with Gasteiger partial charge >= 0.3 is 5.97 Å². The standard InChI is InChI=1S/C21H29N3O2/c1-3-21(4-2)15-19(26-20(21)25)9-10-23-11-13-24(14-12-23)18-7-5-17(16-22)6-8-18/h5-8,19H,3-4,9-15H2,1-2H3/t19-/m1/s1. The van der Waals surface area contributed by atoms with Crippen LogP contribution >= 0.6 is 0 Å². The Bertz CT molecular complexity index is 653. The van der Waals surface area contributed by atoms with Crippen LogP contribution in [-0.2, 0) is 9.53 Å². The van der Waals surface area contributed by atoms with Gasteiger partial charge in [0, 0.05) is 44.8 Å². The summed E-state index contributed by atoms with van der Waals surface area (Å²) in [6.07, 6.45) is 3.65. The van der Waals surface area contributed by atoms with E-state index in [1.807, 2.05) is 24.3 Å². The molecule has 2 aliphatic heterocycles. The summed E-state index contributed by atoms with van der Waals surface area (Å²) in [7, 11) is 0. The van der Waals surface area contributed by atoms with Crippen molar-refractivity contribution in [2.75, 3.05) is 37.6 Å². The number of hydrogen-bond acceptors (Lipinski definition) is 5. The average Bonchev–Trinajstić information content (AvgIpc) is 3.03. The Kier molecular flexibility index (Phi) is 5.83. The van der Waals surface area contributed by atoms with Gasteiger partial charge < -0.3 is 9.64 Å². The summed E-state index contributed by atoms with van der Waals surface area (Å²) < 4.78 is 5.66. The highest BCUT2D eigenvalue weighted by atomic mass is 16.6. The molecule has 0 aliphatic carbocycles. The largest absolute Gasteiger partial charge is 0.462 e. The fraction of sp³-hybridized carbons (Fsp3) is 0.619. The van der Waals surface area contributed by atoms with Crippen molar-refractivity contribution in [3.63, 3.8) is 0 Å². The third-order valence-electron chi connectivity index (χ3n) is 6.18. The first-order chi connectivity index (χ1) is 12.6. The highest BCUT2D eigenvalue weighted by Crippen LogP contribution is 2.41. The smallest absolute Gasteiger partial charge is 0.312 e. The predicted molar refractivity (Wildman–Crippen MR) is 102 cm³/mol. The van der Waals surface area contributed by atoms with Crippen molar-refractivity contribution in [1.29, 1.82) is 5.26 Å². The van der Waals surface area contributed by atoms with Crippen molar-refractivity contribution in [3.8, 4) is 6.07 Å². The zero-order valence-corrected chi connectivity index (χ0v) is 15.9. The van der Waals surface area contributed by atoms with Crippen LogP contribution in [-0.4, -0.2) is 49.7 Å². The molecule has 2 aliphatic rings. The molecule has 1 aromatic carbocycles. The minimum atomic E-state index is -0.237. The summed E-state index contributed by atoms with van der Waals surface area (Å²) in [5.41, 5.74) is 1.65. The second kappa shape index (κ2) is 8.09. The molecule has 2 heterocycles. The Morgan fingerprint density at radius 3 is 2.35 bits per heavy atom. The van der Waals surface area contributed by atoms with Gasteiger partial charge in [0.1, 0.15) is 6.10 Å². The van der Waals surface area contributed by atoms with Gasteiger partial charge in [-0.15, -0.1) is 0 Å². The summed E-state index contributed by atoms with van der Waals surface area (Å²) in [6, 6.07) is 9.98. The van der Waals surface area contributed by atoms with E-state index in [-0.39, 0.29) is 17.5 Å². The SMILES string of the molecule is CCC1(CC)C[C@@H](CCN2CCN(c3ccc(C#N)cc3)CC2)OC1=O. The number of ether oxygens (including phenoxy) is 1. The number of carbonyl (C=O) groups is 1. The van der Waals surface area contributed by atoms with Crippen LogP contribution in [0.2, 0.25) is 0 Å². The number of piperazine rings is 1. The minimum Gasteiger partial charge on any atom is -0.462 e. The van der Waals surface area contributed by atoms with Gasteiger partial charge in [0.15, 0.2) is 0 Å². The highest BCUT2D eigenvalue weighted by Gasteiger charge is 2.46. The van der Waals surface area contributed by atoms with Crippen LogP contribution in [0.15, 0.2) is 24.3 Å². The number of esters is 1. The molecule has 2 fully saturated rings. The number of benzene rings is 1. The Hall–Kier alpha value is -2.06. The van der Waals surface area contributed by atoms with E-state index in [1.165, 1.54) is 5.69 Å². The topological polar surface area (TPSA) is 56.6 Å². The maximum Gasteiger partial charge on any atom is 0.312 e. The first-order valence-electron chi connectivity index (χ1n) is 9.79. The van der Waals surface area contributed by atoms with E-state index < -0.39 is 0 Å². The lowest BCUT2D eigenvalue weighted by Crippen LogP contribution is -2.47. The Labute approximate surface area is 156 Å². The van der Waals surface area contributed by atoms with Crippen molar-refractivity contribution in [1.82, 2.24) is 4.90 Å². The Morgan fingerprint density at radius 1 is 1.15 bits per heavy atom. The molecular weight excluding hydrogens is 326 g/mol. The van der Waals surface area contributed by atoms with Crippen molar-refractivity contribution >= 4 is 11.7 Å². The van der Waals surface area contributed by atoms with E-state index in [4.69, 9.17) is 10.00 Å². The second-order valence-electron chi connectivity index (χ2n) is 7.49. The zero-order valence-electron chi connectivity index (χ0n) is 15.9. The molecule has 0 saturated carbocycles. The van der Waals surface area contributed by atoms with Gasteiger partial charge in [0.2, 0.25) is 0 Å². The summed E-state index contributed by atoms with van der Waals surface area (Å²) >= 11 is 0. The quantitative estimate of drug-likeness (QED) is 0.734. The van der Waals surface area contributed by atoms with Gasteiger partial charge in [0.25, 0.3) is 0 Å². The summed E-state index contributed by atoms with van der Waals surface area (Å²) in [4.78, 5) is 17.0. The summed E-state index contributed by atoms with van der Waals surface area (Å²) in [5.74, 6) is 0.0122. The molecule has 1 aromatic rings. The van der Waals surface area contributed by atoms with Gasteiger partial charge in [0.05, 0.1) is 17.0 Å². The van der Waals surface area contributed by atoms with Crippen molar-refractivity contribution in [2.45, 2.75) is 45.6 Å². The number of cyclic esters (lactones) is 1. The van der Waals surface area contributed by atoms with Gasteiger partial charge in [-0.05, 0) is 43.5 Å². The number of carbonyl (C=O) groups excluding carboxylic acids is 1. The van der Waals surface area contributed by atoms with Crippen LogP contribution < -0.4 is 4.90 Å². The van der Waals surface area contributed by atoms with Crippen molar-refractivity contribution < 1.29 is 9.53 Å². The number of anilines is 1. The zero-order chi connectivity index (χ0) is 18.6. The molecule has 0 unspecified atom stereocenters. The van der Waals surface area contributed by atoms with Crippen molar-refractivity contribution in [2.24, 2.45) is 5.41 Å². The van der Waals surface area contributed by atoms with Crippen LogP contribution in [0.5, 0.6) is 0 Å². The molecule has 1 atom stereocenters. The monoisotopic (exact) mass is 355 g/mol. The molecule has 26 heavy (non-hydrogen) atoms. The third kappa shape index (κ3) is 3.86. The molecule has 0 aromatic heterocycles. The summed E-state index contributed by atoms with van der Waals surface area (Å²) in [5, 5.41) is 8.90. The lowest BCUT2D eigenvalue weighted by molar-refractivity contribution is -0.149. The third-order valence-corrected chi connectivity index (χ3v) is 6.18. The van der Waals surface area contributed by atoms with E-state index in [2.05, 4.69) is 29.7 Å². The van der Waals surface area contributed by atoms with Crippen LogP contribution in [0.1, 0.15) is 45.1 Å². The molecule has 5 nitrogen and oxygen atoms in total. The average molecular weight is 355 g/mol. The lowest BCUT2D eigenvalue weighted by Gasteiger charge is -2.36. The summed E-state index contributed by atoms with van der Waals surface area (Å²) in [6.45, 7) is 9.20.